The van der Waals surface area contributed by atoms with Crippen LogP contribution in [0.1, 0.15) is 30.9 Å². The number of carboxylic acid groups (broad SMARTS) is 1. The van der Waals surface area contributed by atoms with Crippen molar-refractivity contribution in [2.75, 3.05) is 0 Å². The smallest absolute Gasteiger partial charge is 0.334 e. The Kier molecular flexibility index (Phi) is 3.91. The van der Waals surface area contributed by atoms with Crippen LogP contribution >= 0.6 is 0 Å². The van der Waals surface area contributed by atoms with Gasteiger partial charge in [-0.15, -0.1) is 0 Å². The highest BCUT2D eigenvalue weighted by molar-refractivity contribution is 7.86. The zero-order valence-corrected chi connectivity index (χ0v) is 11.4. The van der Waals surface area contributed by atoms with Gasteiger partial charge in [-0.1, -0.05) is 6.07 Å². The van der Waals surface area contributed by atoms with Gasteiger partial charge in [-0.25, -0.2) is 4.79 Å². The van der Waals surface area contributed by atoms with Gasteiger partial charge in [-0.05, 0) is 55.9 Å². The molecule has 0 fully saturated rings. The molecule has 1 N–H and O–H groups in total. The molecule has 0 aliphatic heterocycles. The fourth-order valence-corrected chi connectivity index (χ4v) is 3.25. The van der Waals surface area contributed by atoms with E-state index in [0.29, 0.717) is 0 Å². The molecule has 0 saturated carbocycles. The largest absolute Gasteiger partial charge is 0.479 e. The van der Waals surface area contributed by atoms with E-state index in [2.05, 4.69) is 4.18 Å². The maximum atomic E-state index is 11.9. The number of carboxylic acids is 1. The van der Waals surface area contributed by atoms with E-state index >= 15 is 0 Å². The lowest BCUT2D eigenvalue weighted by molar-refractivity contribution is -0.144. The summed E-state index contributed by atoms with van der Waals surface area (Å²) >= 11 is 0. The van der Waals surface area contributed by atoms with Gasteiger partial charge in [-0.2, -0.15) is 8.42 Å². The number of carbonyl (C=O) groups is 1. The summed E-state index contributed by atoms with van der Waals surface area (Å²) in [4.78, 5) is 10.7. The van der Waals surface area contributed by atoms with Gasteiger partial charge in [0.25, 0.3) is 10.1 Å². The predicted octanol–water partition coefficient (Wildman–Crippen LogP) is 1.74. The molecule has 104 valence electrons. The number of fused-ring (bicyclic) bond motifs is 1. The maximum Gasteiger partial charge on any atom is 0.334 e. The van der Waals surface area contributed by atoms with Crippen LogP contribution in [-0.2, 0) is 31.9 Å². The molecule has 2 rings (SSSR count). The molecule has 0 heterocycles. The highest BCUT2D eigenvalue weighted by atomic mass is 32.2. The Morgan fingerprint density at radius 1 is 1.26 bits per heavy atom. The number of hydrogen-bond donors (Lipinski definition) is 1. The van der Waals surface area contributed by atoms with Gasteiger partial charge in [0.1, 0.15) is 0 Å². The van der Waals surface area contributed by atoms with Crippen molar-refractivity contribution in [2.45, 2.75) is 43.6 Å². The van der Waals surface area contributed by atoms with Crippen LogP contribution in [0.5, 0.6) is 0 Å². The quantitative estimate of drug-likeness (QED) is 0.852. The first kappa shape index (κ1) is 14.0. The van der Waals surface area contributed by atoms with Crippen molar-refractivity contribution in [2.24, 2.45) is 0 Å². The third-order valence-electron chi connectivity index (χ3n) is 3.23. The Hall–Kier alpha value is -1.40. The highest BCUT2D eigenvalue weighted by Crippen LogP contribution is 2.25. The highest BCUT2D eigenvalue weighted by Gasteiger charge is 2.24. The molecule has 0 spiro atoms. The summed E-state index contributed by atoms with van der Waals surface area (Å²) in [6.07, 6.45) is 2.59. The van der Waals surface area contributed by atoms with Crippen molar-refractivity contribution in [3.05, 3.63) is 29.3 Å². The first-order chi connectivity index (χ1) is 8.90. The Bertz CT molecular complexity index is 591. The third-order valence-corrected chi connectivity index (χ3v) is 4.60. The second-order valence-corrected chi connectivity index (χ2v) is 6.24. The van der Waals surface area contributed by atoms with Crippen molar-refractivity contribution in [3.63, 3.8) is 0 Å². The average Bonchev–Trinajstić information content (AvgIpc) is 2.37. The Morgan fingerprint density at radius 3 is 2.53 bits per heavy atom. The van der Waals surface area contributed by atoms with Crippen LogP contribution < -0.4 is 0 Å². The fourth-order valence-electron chi connectivity index (χ4n) is 2.15. The Balaban J connectivity index is 2.28. The zero-order valence-electron chi connectivity index (χ0n) is 10.6. The number of rotatable bonds is 4. The minimum atomic E-state index is -4.02. The summed E-state index contributed by atoms with van der Waals surface area (Å²) in [5, 5.41) is 8.69. The average molecular weight is 284 g/mol. The van der Waals surface area contributed by atoms with E-state index in [0.717, 1.165) is 36.8 Å². The van der Waals surface area contributed by atoms with Crippen LogP contribution in [-0.4, -0.2) is 25.6 Å². The van der Waals surface area contributed by atoms with Crippen LogP contribution in [0.2, 0.25) is 0 Å². The summed E-state index contributed by atoms with van der Waals surface area (Å²) in [5.41, 5.74) is 2.18. The van der Waals surface area contributed by atoms with Crippen LogP contribution in [0.25, 0.3) is 0 Å². The number of aliphatic carboxylic acids is 1. The first-order valence-corrected chi connectivity index (χ1v) is 7.59. The first-order valence-electron chi connectivity index (χ1n) is 6.18. The van der Waals surface area contributed by atoms with E-state index in [1.54, 1.807) is 12.1 Å². The molecule has 1 aromatic carbocycles. The standard InChI is InChI=1S/C13H16O5S/c1-9(13(14)15)18-19(16,17)12-7-6-10-4-2-3-5-11(10)8-12/h6-9H,2-5H2,1H3,(H,14,15). The fraction of sp³-hybridized carbons (Fsp3) is 0.462. The molecule has 1 aromatic rings. The molecule has 0 radical (unpaired) electrons. The summed E-state index contributed by atoms with van der Waals surface area (Å²) in [5.74, 6) is -1.30. The van der Waals surface area contributed by atoms with Gasteiger partial charge < -0.3 is 5.11 Å². The van der Waals surface area contributed by atoms with Crippen molar-refractivity contribution in [1.82, 2.24) is 0 Å². The van der Waals surface area contributed by atoms with Crippen molar-refractivity contribution in [1.29, 1.82) is 0 Å². The molecule has 1 aliphatic rings. The lowest BCUT2D eigenvalue weighted by Crippen LogP contribution is -2.24. The molecule has 1 aliphatic carbocycles. The molecule has 19 heavy (non-hydrogen) atoms. The minimum Gasteiger partial charge on any atom is -0.479 e. The van der Waals surface area contributed by atoms with Crippen molar-refractivity contribution in [3.8, 4) is 0 Å². The van der Waals surface area contributed by atoms with Gasteiger partial charge in [0.15, 0.2) is 6.10 Å². The third kappa shape index (κ3) is 3.13. The van der Waals surface area contributed by atoms with Crippen molar-refractivity contribution >= 4 is 16.1 Å². The Labute approximate surface area is 112 Å². The number of hydrogen-bond acceptors (Lipinski definition) is 4. The summed E-state index contributed by atoms with van der Waals surface area (Å²) < 4.78 is 28.5. The van der Waals surface area contributed by atoms with Crippen LogP contribution in [0.15, 0.2) is 23.1 Å². The molecule has 6 heteroatoms. The maximum absolute atomic E-state index is 11.9. The monoisotopic (exact) mass is 284 g/mol. The number of aryl methyl sites for hydroxylation is 2. The van der Waals surface area contributed by atoms with Gasteiger partial charge in [0.05, 0.1) is 4.90 Å². The molecular weight excluding hydrogens is 268 g/mol. The van der Waals surface area contributed by atoms with E-state index < -0.39 is 22.2 Å². The van der Waals surface area contributed by atoms with E-state index in [9.17, 15) is 13.2 Å². The van der Waals surface area contributed by atoms with Crippen molar-refractivity contribution < 1.29 is 22.5 Å². The SMILES string of the molecule is CC(OS(=O)(=O)c1ccc2c(c1)CCCC2)C(=O)O. The second kappa shape index (κ2) is 5.30. The summed E-state index contributed by atoms with van der Waals surface area (Å²) in [7, 11) is -4.02. The molecule has 1 atom stereocenters. The lowest BCUT2D eigenvalue weighted by Gasteiger charge is -2.17. The molecular formula is C13H16O5S. The van der Waals surface area contributed by atoms with Gasteiger partial charge in [0, 0.05) is 0 Å². The minimum absolute atomic E-state index is 0.0289. The predicted molar refractivity (Wildman–Crippen MR) is 68.5 cm³/mol. The lowest BCUT2D eigenvalue weighted by atomic mass is 9.92. The summed E-state index contributed by atoms with van der Waals surface area (Å²) in [6, 6.07) is 4.86. The van der Waals surface area contributed by atoms with Crippen LogP contribution in [0, 0.1) is 0 Å². The molecule has 1 unspecified atom stereocenters. The molecule has 0 saturated heterocycles. The molecule has 0 amide bonds. The Morgan fingerprint density at radius 2 is 1.89 bits per heavy atom. The van der Waals surface area contributed by atoms with E-state index in [-0.39, 0.29) is 4.90 Å². The number of benzene rings is 1. The zero-order chi connectivity index (χ0) is 14.0. The van der Waals surface area contributed by atoms with E-state index in [1.165, 1.54) is 13.0 Å². The van der Waals surface area contributed by atoms with Gasteiger partial charge >= 0.3 is 5.97 Å². The molecule has 5 nitrogen and oxygen atoms in total. The second-order valence-electron chi connectivity index (χ2n) is 4.67. The van der Waals surface area contributed by atoms with Gasteiger partial charge in [0.2, 0.25) is 0 Å². The molecule has 0 aromatic heterocycles. The topological polar surface area (TPSA) is 80.7 Å². The summed E-state index contributed by atoms with van der Waals surface area (Å²) in [6.45, 7) is 1.19. The normalized spacial score (nSPS) is 16.7. The van der Waals surface area contributed by atoms with Crippen LogP contribution in [0.4, 0.5) is 0 Å². The van der Waals surface area contributed by atoms with Crippen LogP contribution in [0.3, 0.4) is 0 Å². The molecule has 0 bridgehead atoms. The van der Waals surface area contributed by atoms with Gasteiger partial charge in [-0.3, -0.25) is 4.18 Å². The van der Waals surface area contributed by atoms with E-state index in [1.807, 2.05) is 0 Å². The van der Waals surface area contributed by atoms with E-state index in [4.69, 9.17) is 5.11 Å².